The lowest BCUT2D eigenvalue weighted by molar-refractivity contribution is 0.0734. The number of esters is 1. The third kappa shape index (κ3) is 3.08. The third-order valence-corrected chi connectivity index (χ3v) is 2.50. The molecule has 2 heteroatoms. The Morgan fingerprint density at radius 1 is 1.11 bits per heavy atom. The Balaban J connectivity index is 2.13. The minimum atomic E-state index is -0.341. The maximum absolute atomic E-state index is 11.9. The molecular weight excluding hydrogens is 224 g/mol. The van der Waals surface area contributed by atoms with Crippen molar-refractivity contribution in [3.8, 4) is 5.75 Å². The topological polar surface area (TPSA) is 26.3 Å². The van der Waals surface area contributed by atoms with Crippen LogP contribution in [0.25, 0.3) is 0 Å². The van der Waals surface area contributed by atoms with E-state index in [4.69, 9.17) is 4.74 Å². The monoisotopic (exact) mass is 238 g/mol. The second kappa shape index (κ2) is 5.82. The van der Waals surface area contributed by atoms with E-state index in [9.17, 15) is 4.79 Å². The summed E-state index contributed by atoms with van der Waals surface area (Å²) in [7, 11) is 0. The van der Waals surface area contributed by atoms with E-state index < -0.39 is 0 Å². The first-order valence-corrected chi connectivity index (χ1v) is 5.76. The molecular formula is C16H14O2. The number of carbonyl (C=O) groups excluding carboxylic acids is 1. The molecule has 2 aromatic rings. The van der Waals surface area contributed by atoms with Crippen molar-refractivity contribution in [2.24, 2.45) is 0 Å². The van der Waals surface area contributed by atoms with Crippen molar-refractivity contribution in [1.29, 1.82) is 0 Å². The van der Waals surface area contributed by atoms with Crippen molar-refractivity contribution < 1.29 is 9.53 Å². The van der Waals surface area contributed by atoms with E-state index in [2.05, 4.69) is 6.58 Å². The minimum Gasteiger partial charge on any atom is -0.423 e. The van der Waals surface area contributed by atoms with Crippen LogP contribution >= 0.6 is 0 Å². The first-order chi connectivity index (χ1) is 8.79. The Morgan fingerprint density at radius 2 is 1.89 bits per heavy atom. The maximum Gasteiger partial charge on any atom is 0.343 e. The van der Waals surface area contributed by atoms with Crippen molar-refractivity contribution in [1.82, 2.24) is 0 Å². The first-order valence-electron chi connectivity index (χ1n) is 5.76. The highest BCUT2D eigenvalue weighted by atomic mass is 16.5. The quantitative estimate of drug-likeness (QED) is 0.462. The molecule has 0 unspecified atom stereocenters. The van der Waals surface area contributed by atoms with Gasteiger partial charge in [0.25, 0.3) is 0 Å². The van der Waals surface area contributed by atoms with Gasteiger partial charge in [-0.15, -0.1) is 6.58 Å². The predicted octanol–water partition coefficient (Wildman–Crippen LogP) is 3.63. The summed E-state index contributed by atoms with van der Waals surface area (Å²) in [6.07, 6.45) is 2.55. The van der Waals surface area contributed by atoms with Crippen LogP contribution in [0, 0.1) is 0 Å². The van der Waals surface area contributed by atoms with Gasteiger partial charge in [0, 0.05) is 0 Å². The van der Waals surface area contributed by atoms with E-state index in [1.165, 1.54) is 0 Å². The Morgan fingerprint density at radius 3 is 2.61 bits per heavy atom. The number of benzene rings is 2. The zero-order valence-corrected chi connectivity index (χ0v) is 10.0. The molecule has 2 nitrogen and oxygen atoms in total. The molecule has 0 radical (unpaired) electrons. The lowest BCUT2D eigenvalue weighted by Gasteiger charge is -2.05. The van der Waals surface area contributed by atoms with Gasteiger partial charge in [-0.05, 0) is 36.2 Å². The van der Waals surface area contributed by atoms with E-state index in [-0.39, 0.29) is 5.97 Å². The van der Waals surface area contributed by atoms with Crippen LogP contribution in [0.3, 0.4) is 0 Å². The van der Waals surface area contributed by atoms with Crippen LogP contribution in [0.1, 0.15) is 15.9 Å². The van der Waals surface area contributed by atoms with Crippen LogP contribution in [0.5, 0.6) is 5.75 Å². The van der Waals surface area contributed by atoms with Crippen LogP contribution in [0.4, 0.5) is 0 Å². The first kappa shape index (κ1) is 12.1. The minimum absolute atomic E-state index is 0.341. The molecule has 0 saturated carbocycles. The van der Waals surface area contributed by atoms with Crippen LogP contribution < -0.4 is 4.74 Å². The van der Waals surface area contributed by atoms with Gasteiger partial charge in [-0.3, -0.25) is 0 Å². The number of carbonyl (C=O) groups is 1. The molecule has 2 aromatic carbocycles. The fourth-order valence-electron chi connectivity index (χ4n) is 1.65. The van der Waals surface area contributed by atoms with Gasteiger partial charge in [0.15, 0.2) is 0 Å². The normalized spacial score (nSPS) is 9.78. The summed E-state index contributed by atoms with van der Waals surface area (Å²) in [4.78, 5) is 11.9. The standard InChI is InChI=1S/C16H14O2/c1-2-7-13-8-6-9-14(12-13)16(17)18-15-10-4-3-5-11-15/h2-6,8-12H,1,7H2. The smallest absolute Gasteiger partial charge is 0.343 e. The molecule has 0 aromatic heterocycles. The summed E-state index contributed by atoms with van der Waals surface area (Å²) in [6.45, 7) is 3.68. The molecule has 18 heavy (non-hydrogen) atoms. The van der Waals surface area contributed by atoms with Gasteiger partial charge in [0.05, 0.1) is 5.56 Å². The SMILES string of the molecule is C=CCc1cccc(C(=O)Oc2ccccc2)c1. The van der Waals surface area contributed by atoms with Crippen molar-refractivity contribution in [3.05, 3.63) is 78.4 Å². The van der Waals surface area contributed by atoms with Gasteiger partial charge in [-0.1, -0.05) is 36.4 Å². The summed E-state index contributed by atoms with van der Waals surface area (Å²) < 4.78 is 5.27. The molecule has 0 aliphatic rings. The fourth-order valence-corrected chi connectivity index (χ4v) is 1.65. The molecule has 0 aliphatic heterocycles. The number of hydrogen-bond donors (Lipinski definition) is 0. The number of rotatable bonds is 4. The van der Waals surface area contributed by atoms with Crippen LogP contribution in [0.15, 0.2) is 67.3 Å². The molecule has 0 amide bonds. The molecule has 90 valence electrons. The molecule has 0 saturated heterocycles. The Labute approximate surface area is 107 Å². The predicted molar refractivity (Wildman–Crippen MR) is 71.7 cm³/mol. The molecule has 0 atom stereocenters. The Hall–Kier alpha value is -2.35. The van der Waals surface area contributed by atoms with E-state index in [1.54, 1.807) is 18.2 Å². The van der Waals surface area contributed by atoms with Crippen LogP contribution in [0.2, 0.25) is 0 Å². The maximum atomic E-state index is 11.9. The fraction of sp³-hybridized carbons (Fsp3) is 0.0625. The van der Waals surface area contributed by atoms with Crippen molar-refractivity contribution in [2.75, 3.05) is 0 Å². The second-order valence-corrected chi connectivity index (χ2v) is 3.90. The van der Waals surface area contributed by atoms with Gasteiger partial charge in [-0.2, -0.15) is 0 Å². The van der Waals surface area contributed by atoms with Crippen molar-refractivity contribution in [3.63, 3.8) is 0 Å². The van der Waals surface area contributed by atoms with Gasteiger partial charge >= 0.3 is 5.97 Å². The second-order valence-electron chi connectivity index (χ2n) is 3.90. The van der Waals surface area contributed by atoms with E-state index in [0.29, 0.717) is 11.3 Å². The molecule has 2 rings (SSSR count). The van der Waals surface area contributed by atoms with E-state index in [0.717, 1.165) is 12.0 Å². The lowest BCUT2D eigenvalue weighted by atomic mass is 10.1. The van der Waals surface area contributed by atoms with Gasteiger partial charge in [0.1, 0.15) is 5.75 Å². The van der Waals surface area contributed by atoms with E-state index in [1.807, 2.05) is 42.5 Å². The van der Waals surface area contributed by atoms with Crippen molar-refractivity contribution in [2.45, 2.75) is 6.42 Å². The summed E-state index contributed by atoms with van der Waals surface area (Å²) in [6, 6.07) is 16.4. The Bertz CT molecular complexity index is 544. The molecule has 0 N–H and O–H groups in total. The van der Waals surface area contributed by atoms with Gasteiger partial charge in [-0.25, -0.2) is 4.79 Å². The van der Waals surface area contributed by atoms with Gasteiger partial charge in [0.2, 0.25) is 0 Å². The molecule has 0 heterocycles. The lowest BCUT2D eigenvalue weighted by Crippen LogP contribution is -2.08. The zero-order valence-electron chi connectivity index (χ0n) is 10.0. The van der Waals surface area contributed by atoms with Crippen LogP contribution in [-0.4, -0.2) is 5.97 Å². The average molecular weight is 238 g/mol. The average Bonchev–Trinajstić information content (AvgIpc) is 2.40. The number of hydrogen-bond acceptors (Lipinski definition) is 2. The van der Waals surface area contributed by atoms with Crippen LogP contribution in [-0.2, 0) is 6.42 Å². The molecule has 0 spiro atoms. The largest absolute Gasteiger partial charge is 0.423 e. The molecule has 0 fully saturated rings. The highest BCUT2D eigenvalue weighted by Gasteiger charge is 2.08. The summed E-state index contributed by atoms with van der Waals surface area (Å²) in [5.74, 6) is 0.212. The summed E-state index contributed by atoms with van der Waals surface area (Å²) in [5, 5.41) is 0. The Kier molecular flexibility index (Phi) is 3.92. The third-order valence-electron chi connectivity index (χ3n) is 2.50. The summed E-state index contributed by atoms with van der Waals surface area (Å²) in [5.41, 5.74) is 1.60. The van der Waals surface area contributed by atoms with E-state index >= 15 is 0 Å². The summed E-state index contributed by atoms with van der Waals surface area (Å²) >= 11 is 0. The highest BCUT2D eigenvalue weighted by Crippen LogP contribution is 2.13. The van der Waals surface area contributed by atoms with Gasteiger partial charge < -0.3 is 4.74 Å². The number of para-hydroxylation sites is 1. The van der Waals surface area contributed by atoms with Crippen molar-refractivity contribution >= 4 is 5.97 Å². The highest BCUT2D eigenvalue weighted by molar-refractivity contribution is 5.91. The number of allylic oxidation sites excluding steroid dienone is 1. The molecule has 0 aliphatic carbocycles. The molecule has 0 bridgehead atoms. The zero-order chi connectivity index (χ0) is 12.8. The number of ether oxygens (including phenoxy) is 1.